The lowest BCUT2D eigenvalue weighted by atomic mass is 10.2. The maximum atomic E-state index is 8.62. The molecule has 0 radical (unpaired) electrons. The second kappa shape index (κ2) is 5.93. The number of nitrogens with zero attached hydrogens (tertiary/aromatic N) is 2. The highest BCUT2D eigenvalue weighted by molar-refractivity contribution is 7.99. The third kappa shape index (κ3) is 3.26. The van der Waals surface area contributed by atoms with Gasteiger partial charge in [-0.2, -0.15) is 5.26 Å². The molecule has 1 atom stereocenters. The van der Waals surface area contributed by atoms with Crippen molar-refractivity contribution in [2.75, 3.05) is 25.4 Å². The Morgan fingerprint density at radius 3 is 2.94 bits per heavy atom. The average molecular weight is 232 g/mol. The quantitative estimate of drug-likeness (QED) is 0.590. The zero-order valence-corrected chi connectivity index (χ0v) is 10.1. The molecule has 2 rings (SSSR count). The van der Waals surface area contributed by atoms with Crippen molar-refractivity contribution < 1.29 is 0 Å². The first-order valence-corrected chi connectivity index (χ1v) is 6.64. The van der Waals surface area contributed by atoms with Gasteiger partial charge in [0.25, 0.3) is 0 Å². The van der Waals surface area contributed by atoms with E-state index in [0.29, 0.717) is 6.54 Å². The van der Waals surface area contributed by atoms with Crippen LogP contribution < -0.4 is 0 Å². The zero-order valence-electron chi connectivity index (χ0n) is 9.30. The Kier molecular flexibility index (Phi) is 4.26. The van der Waals surface area contributed by atoms with Crippen molar-refractivity contribution in [3.8, 4) is 6.07 Å². The van der Waals surface area contributed by atoms with E-state index in [1.54, 1.807) is 0 Å². The van der Waals surface area contributed by atoms with E-state index in [9.17, 15) is 0 Å². The molecule has 0 saturated carbocycles. The van der Waals surface area contributed by atoms with Crippen LogP contribution in [0.3, 0.4) is 0 Å². The minimum absolute atomic E-state index is 0.590. The highest BCUT2D eigenvalue weighted by Crippen LogP contribution is 2.25. The molecule has 0 amide bonds. The summed E-state index contributed by atoms with van der Waals surface area (Å²) in [6, 6.07) is 12.8. The van der Waals surface area contributed by atoms with Gasteiger partial charge in [0.1, 0.15) is 0 Å². The zero-order chi connectivity index (χ0) is 11.2. The third-order valence-electron chi connectivity index (χ3n) is 2.89. The van der Waals surface area contributed by atoms with Crippen molar-refractivity contribution in [1.29, 1.82) is 5.26 Å². The second-order valence-corrected chi connectivity index (χ2v) is 5.27. The number of hydrogen-bond acceptors (Lipinski definition) is 3. The maximum absolute atomic E-state index is 8.62. The minimum Gasteiger partial charge on any atom is -0.290 e. The summed E-state index contributed by atoms with van der Waals surface area (Å²) < 4.78 is 0. The van der Waals surface area contributed by atoms with Crippen LogP contribution in [0.4, 0.5) is 0 Å². The van der Waals surface area contributed by atoms with E-state index >= 15 is 0 Å². The first-order valence-electron chi connectivity index (χ1n) is 5.65. The summed E-state index contributed by atoms with van der Waals surface area (Å²) in [7, 11) is 0. The lowest BCUT2D eigenvalue weighted by Crippen LogP contribution is -2.21. The Hall–Kier alpha value is -0.980. The van der Waals surface area contributed by atoms with Gasteiger partial charge in [0.2, 0.25) is 0 Å². The van der Waals surface area contributed by atoms with Gasteiger partial charge in [0, 0.05) is 17.2 Å². The monoisotopic (exact) mass is 232 g/mol. The first kappa shape index (κ1) is 11.5. The van der Waals surface area contributed by atoms with Crippen LogP contribution in [-0.2, 0) is 0 Å². The molecule has 16 heavy (non-hydrogen) atoms. The Bertz CT molecular complexity index is 358. The predicted molar refractivity (Wildman–Crippen MR) is 67.3 cm³/mol. The summed E-state index contributed by atoms with van der Waals surface area (Å²) in [5, 5.41) is 8.62. The van der Waals surface area contributed by atoms with Gasteiger partial charge in [0.15, 0.2) is 0 Å². The highest BCUT2D eigenvalue weighted by atomic mass is 32.2. The number of hydrogen-bond donors (Lipinski definition) is 0. The van der Waals surface area contributed by atoms with Crippen LogP contribution >= 0.6 is 11.8 Å². The van der Waals surface area contributed by atoms with Crippen molar-refractivity contribution >= 4 is 11.8 Å². The molecule has 0 bridgehead atoms. The van der Waals surface area contributed by atoms with E-state index < -0.39 is 0 Å². The Morgan fingerprint density at radius 1 is 1.38 bits per heavy atom. The molecule has 0 aromatic heterocycles. The lowest BCUT2D eigenvalue weighted by Gasteiger charge is -2.11. The van der Waals surface area contributed by atoms with E-state index in [0.717, 1.165) is 19.0 Å². The van der Waals surface area contributed by atoms with Crippen LogP contribution in [0.25, 0.3) is 0 Å². The summed E-state index contributed by atoms with van der Waals surface area (Å²) in [6.45, 7) is 2.77. The fourth-order valence-corrected chi connectivity index (χ4v) is 3.07. The minimum atomic E-state index is 0.590. The Balaban J connectivity index is 1.74. The summed E-state index contributed by atoms with van der Waals surface area (Å²) in [5.41, 5.74) is 0. The molecule has 1 aliphatic rings. The van der Waals surface area contributed by atoms with Crippen LogP contribution in [0.15, 0.2) is 35.2 Å². The van der Waals surface area contributed by atoms with Crippen LogP contribution in [-0.4, -0.2) is 30.3 Å². The number of thioether (sulfide) groups is 1. The smallest absolute Gasteiger partial charge is 0.0866 e. The molecule has 3 heteroatoms. The molecule has 1 saturated heterocycles. The van der Waals surface area contributed by atoms with Crippen LogP contribution in [0.1, 0.15) is 6.42 Å². The van der Waals surface area contributed by atoms with E-state index in [1.807, 2.05) is 17.8 Å². The molecule has 0 unspecified atom stereocenters. The van der Waals surface area contributed by atoms with E-state index in [4.69, 9.17) is 5.26 Å². The molecular formula is C13H16N2S. The standard InChI is InChI=1S/C13H16N2S/c14-7-9-15-8-6-12(10-15)11-16-13-4-2-1-3-5-13/h1-5,12H,6,8-11H2/t12-/m0/s1. The number of nitriles is 1. The van der Waals surface area contributed by atoms with Crippen molar-refractivity contribution in [3.63, 3.8) is 0 Å². The highest BCUT2D eigenvalue weighted by Gasteiger charge is 2.21. The van der Waals surface area contributed by atoms with Gasteiger partial charge in [-0.1, -0.05) is 18.2 Å². The summed E-state index contributed by atoms with van der Waals surface area (Å²) in [5.74, 6) is 1.92. The van der Waals surface area contributed by atoms with Gasteiger partial charge >= 0.3 is 0 Å². The average Bonchev–Trinajstić information content (AvgIpc) is 2.76. The Morgan fingerprint density at radius 2 is 2.19 bits per heavy atom. The van der Waals surface area contributed by atoms with Gasteiger partial charge in [-0.3, -0.25) is 4.90 Å². The molecule has 0 N–H and O–H groups in total. The van der Waals surface area contributed by atoms with Crippen molar-refractivity contribution in [2.24, 2.45) is 5.92 Å². The molecule has 0 aliphatic carbocycles. The van der Waals surface area contributed by atoms with Gasteiger partial charge < -0.3 is 0 Å². The van der Waals surface area contributed by atoms with Gasteiger partial charge in [-0.15, -0.1) is 11.8 Å². The predicted octanol–water partition coefficient (Wildman–Crippen LogP) is 2.62. The molecule has 2 nitrogen and oxygen atoms in total. The third-order valence-corrected chi connectivity index (χ3v) is 4.14. The second-order valence-electron chi connectivity index (χ2n) is 4.17. The SMILES string of the molecule is N#CCN1CC[C@H](CSc2ccccc2)C1. The molecule has 1 heterocycles. The topological polar surface area (TPSA) is 27.0 Å². The summed E-state index contributed by atoms with van der Waals surface area (Å²) in [6.07, 6.45) is 1.24. The summed E-state index contributed by atoms with van der Waals surface area (Å²) in [4.78, 5) is 3.59. The van der Waals surface area contributed by atoms with Crippen molar-refractivity contribution in [2.45, 2.75) is 11.3 Å². The normalized spacial score (nSPS) is 20.8. The maximum Gasteiger partial charge on any atom is 0.0866 e. The van der Waals surface area contributed by atoms with Crippen LogP contribution in [0.5, 0.6) is 0 Å². The number of benzene rings is 1. The fourth-order valence-electron chi connectivity index (χ4n) is 2.02. The molecule has 1 aromatic carbocycles. The molecular weight excluding hydrogens is 216 g/mol. The van der Waals surface area contributed by atoms with E-state index in [-0.39, 0.29) is 0 Å². The van der Waals surface area contributed by atoms with E-state index in [2.05, 4.69) is 35.2 Å². The van der Waals surface area contributed by atoms with Crippen LogP contribution in [0.2, 0.25) is 0 Å². The molecule has 84 valence electrons. The fraction of sp³-hybridized carbons (Fsp3) is 0.462. The van der Waals surface area contributed by atoms with E-state index in [1.165, 1.54) is 17.1 Å². The molecule has 1 aromatic rings. The van der Waals surface area contributed by atoms with Crippen molar-refractivity contribution in [1.82, 2.24) is 4.90 Å². The van der Waals surface area contributed by atoms with Crippen molar-refractivity contribution in [3.05, 3.63) is 30.3 Å². The van der Waals surface area contributed by atoms with Gasteiger partial charge in [-0.25, -0.2) is 0 Å². The molecule has 1 fully saturated rings. The first-order chi connectivity index (χ1) is 7.88. The molecule has 1 aliphatic heterocycles. The molecule has 0 spiro atoms. The number of likely N-dealkylation sites (tertiary alicyclic amines) is 1. The lowest BCUT2D eigenvalue weighted by molar-refractivity contribution is 0.369. The van der Waals surface area contributed by atoms with Gasteiger partial charge in [0.05, 0.1) is 12.6 Å². The largest absolute Gasteiger partial charge is 0.290 e. The number of rotatable bonds is 4. The van der Waals surface area contributed by atoms with Gasteiger partial charge in [-0.05, 0) is 31.0 Å². The van der Waals surface area contributed by atoms with Crippen LogP contribution in [0, 0.1) is 17.2 Å². The Labute approximate surface area is 101 Å². The summed E-state index contributed by atoms with van der Waals surface area (Å²) >= 11 is 1.93.